The predicted molar refractivity (Wildman–Crippen MR) is 127 cm³/mol. The summed E-state index contributed by atoms with van der Waals surface area (Å²) in [6.07, 6.45) is 7.11. The van der Waals surface area contributed by atoms with Gasteiger partial charge in [-0.05, 0) is 36.8 Å². The molecular formula is C26H38O2S. The Morgan fingerprint density at radius 1 is 0.655 bits per heavy atom. The number of ether oxygens (including phenoxy) is 2. The van der Waals surface area contributed by atoms with Crippen LogP contribution in [-0.4, -0.2) is 36.9 Å². The third-order valence-corrected chi connectivity index (χ3v) is 6.14. The zero-order valence-electron chi connectivity index (χ0n) is 18.2. The molecule has 3 heteroatoms. The van der Waals surface area contributed by atoms with E-state index in [1.54, 1.807) is 0 Å². The first kappa shape index (κ1) is 24.0. The van der Waals surface area contributed by atoms with Crippen molar-refractivity contribution in [3.8, 4) is 0 Å². The van der Waals surface area contributed by atoms with Gasteiger partial charge in [0.1, 0.15) is 0 Å². The van der Waals surface area contributed by atoms with Crippen LogP contribution in [-0.2, 0) is 22.3 Å². The van der Waals surface area contributed by atoms with Crippen molar-refractivity contribution in [1.29, 1.82) is 0 Å². The van der Waals surface area contributed by atoms with E-state index in [9.17, 15) is 0 Å². The Bertz CT molecular complexity index is 562. The van der Waals surface area contributed by atoms with E-state index in [1.165, 1.54) is 24.0 Å². The van der Waals surface area contributed by atoms with Crippen LogP contribution in [0, 0.1) is 0 Å². The highest BCUT2D eigenvalue weighted by Gasteiger charge is 2.15. The SMILES string of the molecule is CCCCOC(CSCC(Cc1ccccc1)OCCCC)Cc1ccccc1. The molecule has 2 unspecified atom stereocenters. The summed E-state index contributed by atoms with van der Waals surface area (Å²) >= 11 is 1.97. The molecule has 2 nitrogen and oxygen atoms in total. The van der Waals surface area contributed by atoms with E-state index in [2.05, 4.69) is 74.5 Å². The molecule has 0 heterocycles. The molecule has 0 saturated carbocycles. The molecule has 0 bridgehead atoms. The summed E-state index contributed by atoms with van der Waals surface area (Å²) in [5.41, 5.74) is 2.71. The van der Waals surface area contributed by atoms with Gasteiger partial charge < -0.3 is 9.47 Å². The van der Waals surface area contributed by atoms with Crippen LogP contribution in [0.15, 0.2) is 60.7 Å². The van der Waals surface area contributed by atoms with Crippen molar-refractivity contribution in [2.75, 3.05) is 24.7 Å². The van der Waals surface area contributed by atoms with E-state index in [4.69, 9.17) is 9.47 Å². The Balaban J connectivity index is 1.85. The topological polar surface area (TPSA) is 18.5 Å². The van der Waals surface area contributed by atoms with Gasteiger partial charge in [-0.15, -0.1) is 0 Å². The van der Waals surface area contributed by atoms with Crippen molar-refractivity contribution in [3.05, 3.63) is 71.8 Å². The average Bonchev–Trinajstić information content (AvgIpc) is 2.75. The summed E-state index contributed by atoms with van der Waals surface area (Å²) in [6, 6.07) is 21.4. The lowest BCUT2D eigenvalue weighted by Crippen LogP contribution is -2.24. The van der Waals surface area contributed by atoms with Gasteiger partial charge in [-0.1, -0.05) is 87.4 Å². The maximum absolute atomic E-state index is 6.22. The lowest BCUT2D eigenvalue weighted by atomic mass is 10.1. The highest BCUT2D eigenvalue weighted by atomic mass is 32.2. The van der Waals surface area contributed by atoms with Crippen molar-refractivity contribution in [3.63, 3.8) is 0 Å². The molecule has 0 fully saturated rings. The Labute approximate surface area is 182 Å². The maximum Gasteiger partial charge on any atom is 0.0705 e. The van der Waals surface area contributed by atoms with Gasteiger partial charge in [-0.25, -0.2) is 0 Å². The Hall–Kier alpha value is -1.29. The molecule has 2 rings (SSSR count). The molecule has 0 amide bonds. The fourth-order valence-electron chi connectivity index (χ4n) is 3.21. The first-order valence-electron chi connectivity index (χ1n) is 11.2. The lowest BCUT2D eigenvalue weighted by Gasteiger charge is -2.21. The zero-order valence-corrected chi connectivity index (χ0v) is 19.0. The lowest BCUT2D eigenvalue weighted by molar-refractivity contribution is 0.0641. The van der Waals surface area contributed by atoms with E-state index < -0.39 is 0 Å². The molecule has 2 atom stereocenters. The van der Waals surface area contributed by atoms with Crippen molar-refractivity contribution >= 4 is 11.8 Å². The third kappa shape index (κ3) is 10.9. The molecule has 2 aromatic rings. The normalized spacial score (nSPS) is 13.3. The molecule has 0 radical (unpaired) electrons. The summed E-state index contributed by atoms with van der Waals surface area (Å²) in [5, 5.41) is 0. The molecule has 0 aromatic heterocycles. The highest BCUT2D eigenvalue weighted by Crippen LogP contribution is 2.17. The van der Waals surface area contributed by atoms with Crippen molar-refractivity contribution < 1.29 is 9.47 Å². The minimum atomic E-state index is 0.266. The predicted octanol–water partition coefficient (Wildman–Crippen LogP) is 6.58. The molecule has 0 aliphatic carbocycles. The maximum atomic E-state index is 6.22. The van der Waals surface area contributed by atoms with Gasteiger partial charge in [0.25, 0.3) is 0 Å². The summed E-state index contributed by atoms with van der Waals surface area (Å²) < 4.78 is 12.4. The van der Waals surface area contributed by atoms with Gasteiger partial charge >= 0.3 is 0 Å². The molecule has 160 valence electrons. The number of hydrogen-bond acceptors (Lipinski definition) is 3. The molecule has 2 aromatic carbocycles. The van der Waals surface area contributed by atoms with E-state index in [-0.39, 0.29) is 12.2 Å². The number of unbranched alkanes of at least 4 members (excludes halogenated alkanes) is 2. The van der Waals surface area contributed by atoms with Crippen LogP contribution in [0.4, 0.5) is 0 Å². The second-order valence-electron chi connectivity index (χ2n) is 7.61. The number of hydrogen-bond donors (Lipinski definition) is 0. The fraction of sp³-hybridized carbons (Fsp3) is 0.538. The van der Waals surface area contributed by atoms with Crippen molar-refractivity contribution in [1.82, 2.24) is 0 Å². The van der Waals surface area contributed by atoms with E-state index in [0.717, 1.165) is 50.4 Å². The van der Waals surface area contributed by atoms with Crippen LogP contribution in [0.3, 0.4) is 0 Å². The molecule has 0 saturated heterocycles. The minimum absolute atomic E-state index is 0.266. The first-order chi connectivity index (χ1) is 14.3. The second-order valence-corrected chi connectivity index (χ2v) is 8.68. The van der Waals surface area contributed by atoms with E-state index in [0.29, 0.717) is 0 Å². The minimum Gasteiger partial charge on any atom is -0.377 e. The van der Waals surface area contributed by atoms with Gasteiger partial charge in [-0.3, -0.25) is 0 Å². The van der Waals surface area contributed by atoms with Crippen LogP contribution >= 0.6 is 11.8 Å². The number of rotatable bonds is 16. The van der Waals surface area contributed by atoms with Crippen LogP contribution in [0.25, 0.3) is 0 Å². The Kier molecular flexibility index (Phi) is 12.8. The molecular weight excluding hydrogens is 376 g/mol. The third-order valence-electron chi connectivity index (χ3n) is 4.92. The smallest absolute Gasteiger partial charge is 0.0705 e. The molecule has 0 spiro atoms. The zero-order chi connectivity index (χ0) is 20.6. The van der Waals surface area contributed by atoms with Crippen molar-refractivity contribution in [2.45, 2.75) is 64.6 Å². The van der Waals surface area contributed by atoms with Crippen LogP contribution < -0.4 is 0 Å². The first-order valence-corrected chi connectivity index (χ1v) is 12.4. The van der Waals surface area contributed by atoms with Crippen LogP contribution in [0.1, 0.15) is 50.7 Å². The van der Waals surface area contributed by atoms with Crippen LogP contribution in [0.5, 0.6) is 0 Å². The summed E-state index contributed by atoms with van der Waals surface area (Å²) in [6.45, 7) is 6.14. The molecule has 0 aliphatic heterocycles. The van der Waals surface area contributed by atoms with Gasteiger partial charge in [0, 0.05) is 24.7 Å². The van der Waals surface area contributed by atoms with Gasteiger partial charge in [0.15, 0.2) is 0 Å². The van der Waals surface area contributed by atoms with Gasteiger partial charge in [-0.2, -0.15) is 11.8 Å². The summed E-state index contributed by atoms with van der Waals surface area (Å²) in [5.74, 6) is 2.03. The van der Waals surface area contributed by atoms with Gasteiger partial charge in [0.2, 0.25) is 0 Å². The van der Waals surface area contributed by atoms with E-state index >= 15 is 0 Å². The Morgan fingerprint density at radius 2 is 1.07 bits per heavy atom. The van der Waals surface area contributed by atoms with Crippen LogP contribution in [0.2, 0.25) is 0 Å². The quantitative estimate of drug-likeness (QED) is 0.289. The standard InChI is InChI=1S/C26H38O2S/c1-3-5-17-27-25(19-23-13-9-7-10-14-23)21-29-22-26(28-18-6-4-2)20-24-15-11-8-12-16-24/h7-16,25-26H,3-6,17-22H2,1-2H3. The Morgan fingerprint density at radius 3 is 1.45 bits per heavy atom. The number of benzene rings is 2. The monoisotopic (exact) mass is 414 g/mol. The molecule has 0 aliphatic rings. The van der Waals surface area contributed by atoms with Crippen molar-refractivity contribution in [2.24, 2.45) is 0 Å². The highest BCUT2D eigenvalue weighted by molar-refractivity contribution is 7.99. The fourth-order valence-corrected chi connectivity index (χ4v) is 4.30. The largest absolute Gasteiger partial charge is 0.377 e. The number of thioether (sulfide) groups is 1. The molecule has 0 N–H and O–H groups in total. The summed E-state index contributed by atoms with van der Waals surface area (Å²) in [7, 11) is 0. The van der Waals surface area contributed by atoms with Gasteiger partial charge in [0.05, 0.1) is 12.2 Å². The summed E-state index contributed by atoms with van der Waals surface area (Å²) in [4.78, 5) is 0. The molecule has 29 heavy (non-hydrogen) atoms. The average molecular weight is 415 g/mol. The second kappa shape index (κ2) is 15.5. The van der Waals surface area contributed by atoms with E-state index in [1.807, 2.05) is 11.8 Å².